The molecule has 0 spiro atoms. The molecule has 9 heteroatoms. The Morgan fingerprint density at radius 2 is 2.26 bits per heavy atom. The summed E-state index contributed by atoms with van der Waals surface area (Å²) in [5.74, 6) is -0.721. The first-order valence-electron chi connectivity index (χ1n) is 7.04. The molecule has 2 aromatic rings. The first kappa shape index (κ1) is 16.5. The third kappa shape index (κ3) is 4.55. The second kappa shape index (κ2) is 7.02. The molecule has 1 atom stereocenters. The number of benzene rings is 1. The van der Waals surface area contributed by atoms with E-state index in [-0.39, 0.29) is 16.2 Å². The van der Waals surface area contributed by atoms with E-state index in [1.165, 1.54) is 54.1 Å². The third-order valence-electron chi connectivity index (χ3n) is 3.15. The Kier molecular flexibility index (Phi) is 5.03. The molecule has 0 aliphatic heterocycles. The van der Waals surface area contributed by atoms with Gasteiger partial charge in [-0.25, -0.2) is 4.39 Å². The number of hydrogen-bond donors (Lipinski definition) is 2. The number of halogens is 2. The average Bonchev–Trinajstić information content (AvgIpc) is 3.21. The molecular formula is C14H14ClFN4OS2. The average molecular weight is 373 g/mol. The second-order valence-corrected chi connectivity index (χ2v) is 8.14. The van der Waals surface area contributed by atoms with E-state index < -0.39 is 5.82 Å². The van der Waals surface area contributed by atoms with Crippen LogP contribution in [0.1, 0.15) is 19.8 Å². The van der Waals surface area contributed by atoms with Crippen molar-refractivity contribution in [1.82, 2.24) is 10.2 Å². The van der Waals surface area contributed by atoms with Crippen molar-refractivity contribution in [3.05, 3.63) is 29.0 Å². The fourth-order valence-electron chi connectivity index (χ4n) is 1.74. The number of anilines is 2. The smallest absolute Gasteiger partial charge is 0.237 e. The molecule has 5 nitrogen and oxygen atoms in total. The lowest BCUT2D eigenvalue weighted by Gasteiger charge is -2.10. The topological polar surface area (TPSA) is 66.9 Å². The summed E-state index contributed by atoms with van der Waals surface area (Å²) >= 11 is 8.47. The highest BCUT2D eigenvalue weighted by atomic mass is 35.5. The van der Waals surface area contributed by atoms with Gasteiger partial charge in [-0.3, -0.25) is 4.79 Å². The van der Waals surface area contributed by atoms with Crippen LogP contribution in [0.15, 0.2) is 22.5 Å². The molecule has 1 saturated carbocycles. The minimum absolute atomic E-state index is 0.0250. The van der Waals surface area contributed by atoms with Crippen molar-refractivity contribution in [1.29, 1.82) is 0 Å². The van der Waals surface area contributed by atoms with Gasteiger partial charge in [0.2, 0.25) is 11.0 Å². The molecule has 1 amide bonds. The molecule has 1 aromatic heterocycles. The van der Waals surface area contributed by atoms with Crippen molar-refractivity contribution in [2.45, 2.75) is 35.4 Å². The van der Waals surface area contributed by atoms with Crippen molar-refractivity contribution in [3.63, 3.8) is 0 Å². The molecule has 3 rings (SSSR count). The van der Waals surface area contributed by atoms with E-state index in [9.17, 15) is 9.18 Å². The molecule has 1 aliphatic carbocycles. The molecule has 1 aliphatic rings. The number of hydrogen-bond acceptors (Lipinski definition) is 6. The zero-order valence-corrected chi connectivity index (χ0v) is 14.6. The van der Waals surface area contributed by atoms with E-state index in [1.807, 2.05) is 0 Å². The quantitative estimate of drug-likeness (QED) is 0.749. The van der Waals surface area contributed by atoms with Crippen LogP contribution in [0.2, 0.25) is 5.02 Å². The van der Waals surface area contributed by atoms with E-state index in [2.05, 4.69) is 20.8 Å². The fraction of sp³-hybridized carbons (Fsp3) is 0.357. The van der Waals surface area contributed by atoms with Gasteiger partial charge in [-0.2, -0.15) is 0 Å². The van der Waals surface area contributed by atoms with Gasteiger partial charge in [0.15, 0.2) is 4.34 Å². The summed E-state index contributed by atoms with van der Waals surface area (Å²) in [5.41, 5.74) is 0.460. The molecule has 1 aromatic carbocycles. The van der Waals surface area contributed by atoms with Crippen LogP contribution < -0.4 is 10.6 Å². The van der Waals surface area contributed by atoms with E-state index >= 15 is 0 Å². The highest BCUT2D eigenvalue weighted by Gasteiger charge is 2.23. The number of aromatic nitrogens is 2. The number of rotatable bonds is 6. The standard InChI is InChI=1S/C14H14ClFN4OS2/c1-7(12(21)17-9-4-5-11(16)10(15)6-9)22-14-20-19-13(23-14)18-8-2-3-8/h4-8H,2-3H2,1H3,(H,17,21)(H,18,19)/t7-/m0/s1. The number of carbonyl (C=O) groups excluding carboxylic acids is 1. The maximum atomic E-state index is 13.1. The third-order valence-corrected chi connectivity index (χ3v) is 5.47. The first-order chi connectivity index (χ1) is 11.0. The largest absolute Gasteiger partial charge is 0.357 e. The summed E-state index contributed by atoms with van der Waals surface area (Å²) in [7, 11) is 0. The van der Waals surface area contributed by atoms with E-state index in [0.29, 0.717) is 11.7 Å². The van der Waals surface area contributed by atoms with Crippen LogP contribution in [0.3, 0.4) is 0 Å². The number of carbonyl (C=O) groups is 1. The van der Waals surface area contributed by atoms with Crippen LogP contribution in [0.5, 0.6) is 0 Å². The van der Waals surface area contributed by atoms with Gasteiger partial charge in [-0.1, -0.05) is 34.7 Å². The number of thioether (sulfide) groups is 1. The summed E-state index contributed by atoms with van der Waals surface area (Å²) in [6.45, 7) is 1.78. The minimum Gasteiger partial charge on any atom is -0.357 e. The van der Waals surface area contributed by atoms with Crippen molar-refractivity contribution in [3.8, 4) is 0 Å². The van der Waals surface area contributed by atoms with Gasteiger partial charge >= 0.3 is 0 Å². The molecule has 0 radical (unpaired) electrons. The molecule has 1 fully saturated rings. The molecule has 23 heavy (non-hydrogen) atoms. The Bertz CT molecular complexity index is 723. The van der Waals surface area contributed by atoms with Crippen LogP contribution in [-0.2, 0) is 4.79 Å². The summed E-state index contributed by atoms with van der Waals surface area (Å²) in [6.07, 6.45) is 2.34. The number of amides is 1. The first-order valence-corrected chi connectivity index (χ1v) is 9.11. The number of nitrogens with zero attached hydrogens (tertiary/aromatic N) is 2. The fourth-order valence-corrected chi connectivity index (χ4v) is 3.89. The van der Waals surface area contributed by atoms with E-state index in [1.54, 1.807) is 6.92 Å². The van der Waals surface area contributed by atoms with Crippen molar-refractivity contribution < 1.29 is 9.18 Å². The lowest BCUT2D eigenvalue weighted by molar-refractivity contribution is -0.115. The summed E-state index contributed by atoms with van der Waals surface area (Å²) < 4.78 is 13.8. The molecule has 122 valence electrons. The second-order valence-electron chi connectivity index (χ2n) is 5.17. The summed E-state index contributed by atoms with van der Waals surface area (Å²) in [4.78, 5) is 12.2. The van der Waals surface area contributed by atoms with Gasteiger partial charge in [-0.05, 0) is 38.0 Å². The van der Waals surface area contributed by atoms with Crippen LogP contribution in [0.25, 0.3) is 0 Å². The van der Waals surface area contributed by atoms with E-state index in [4.69, 9.17) is 11.6 Å². The highest BCUT2D eigenvalue weighted by Crippen LogP contribution is 2.32. The van der Waals surface area contributed by atoms with Crippen LogP contribution in [-0.4, -0.2) is 27.4 Å². The zero-order chi connectivity index (χ0) is 16.4. The Labute approximate surface area is 146 Å². The predicted octanol–water partition coefficient (Wildman–Crippen LogP) is 4.02. The number of nitrogens with one attached hydrogen (secondary N) is 2. The molecule has 1 heterocycles. The highest BCUT2D eigenvalue weighted by molar-refractivity contribution is 8.02. The molecule has 0 bridgehead atoms. The normalized spacial score (nSPS) is 15.3. The SMILES string of the molecule is C[C@H](Sc1nnc(NC2CC2)s1)C(=O)Nc1ccc(F)c(Cl)c1. The van der Waals surface area contributed by atoms with Crippen LogP contribution in [0, 0.1) is 5.82 Å². The van der Waals surface area contributed by atoms with Gasteiger partial charge in [0, 0.05) is 11.7 Å². The van der Waals surface area contributed by atoms with Crippen LogP contribution in [0.4, 0.5) is 15.2 Å². The lowest BCUT2D eigenvalue weighted by Crippen LogP contribution is -2.22. The molecular weight excluding hydrogens is 359 g/mol. The summed E-state index contributed by atoms with van der Waals surface area (Å²) in [5, 5.41) is 14.5. The van der Waals surface area contributed by atoms with Crippen molar-refractivity contribution in [2.75, 3.05) is 10.6 Å². The van der Waals surface area contributed by atoms with Gasteiger partial charge in [0.25, 0.3) is 0 Å². The maximum Gasteiger partial charge on any atom is 0.237 e. The van der Waals surface area contributed by atoms with E-state index in [0.717, 1.165) is 9.47 Å². The predicted molar refractivity (Wildman–Crippen MR) is 91.9 cm³/mol. The monoisotopic (exact) mass is 372 g/mol. The van der Waals surface area contributed by atoms with Crippen molar-refractivity contribution >= 4 is 51.4 Å². The Balaban J connectivity index is 1.56. The minimum atomic E-state index is -0.517. The van der Waals surface area contributed by atoms with Gasteiger partial charge in [0.1, 0.15) is 5.82 Å². The van der Waals surface area contributed by atoms with Gasteiger partial charge < -0.3 is 10.6 Å². The lowest BCUT2D eigenvalue weighted by atomic mass is 10.3. The summed E-state index contributed by atoms with van der Waals surface area (Å²) in [6, 6.07) is 4.59. The molecule has 2 N–H and O–H groups in total. The Morgan fingerprint density at radius 1 is 1.48 bits per heavy atom. The molecule has 0 unspecified atom stereocenters. The Morgan fingerprint density at radius 3 is 2.96 bits per heavy atom. The maximum absolute atomic E-state index is 13.1. The van der Waals surface area contributed by atoms with Gasteiger partial charge in [0.05, 0.1) is 10.3 Å². The molecule has 0 saturated heterocycles. The van der Waals surface area contributed by atoms with Crippen molar-refractivity contribution in [2.24, 2.45) is 0 Å². The van der Waals surface area contributed by atoms with Gasteiger partial charge in [-0.15, -0.1) is 10.2 Å². The zero-order valence-electron chi connectivity index (χ0n) is 12.2. The Hall–Kier alpha value is -1.38. The van der Waals surface area contributed by atoms with Crippen LogP contribution >= 0.6 is 34.7 Å².